The number of nitrogens with one attached hydrogen (secondary N) is 2. The number of nitrogens with zero attached hydrogens (tertiary/aromatic N) is 2. The van der Waals surface area contributed by atoms with E-state index >= 15 is 0 Å². The monoisotopic (exact) mass is 376 g/mol. The van der Waals surface area contributed by atoms with E-state index in [0.717, 1.165) is 22.0 Å². The van der Waals surface area contributed by atoms with Crippen molar-refractivity contribution in [1.29, 1.82) is 0 Å². The van der Waals surface area contributed by atoms with Crippen molar-refractivity contribution in [2.75, 3.05) is 0 Å². The maximum absolute atomic E-state index is 12.1. The second-order valence-corrected chi connectivity index (χ2v) is 6.42. The van der Waals surface area contributed by atoms with Gasteiger partial charge in [-0.05, 0) is 22.9 Å². The van der Waals surface area contributed by atoms with Crippen molar-refractivity contribution >= 4 is 33.2 Å². The lowest BCUT2D eigenvalue weighted by molar-refractivity contribution is 0.0945. The van der Waals surface area contributed by atoms with Gasteiger partial charge in [-0.2, -0.15) is 5.10 Å². The van der Waals surface area contributed by atoms with Crippen molar-refractivity contribution in [2.24, 2.45) is 0 Å². The van der Waals surface area contributed by atoms with Crippen LogP contribution in [-0.4, -0.2) is 21.1 Å². The first-order valence-electron chi connectivity index (χ1n) is 6.63. The average molecular weight is 377 g/mol. The van der Waals surface area contributed by atoms with Crippen molar-refractivity contribution in [3.8, 4) is 11.3 Å². The highest BCUT2D eigenvalue weighted by Gasteiger charge is 2.15. The van der Waals surface area contributed by atoms with Crippen LogP contribution in [0.2, 0.25) is 0 Å². The molecule has 2 aromatic heterocycles. The minimum Gasteiger partial charge on any atom is -0.344 e. The lowest BCUT2D eigenvalue weighted by Crippen LogP contribution is -2.23. The number of thiazole rings is 1. The van der Waals surface area contributed by atoms with E-state index in [0.29, 0.717) is 16.7 Å². The van der Waals surface area contributed by atoms with Gasteiger partial charge in [0.15, 0.2) is 5.69 Å². The summed E-state index contributed by atoms with van der Waals surface area (Å²) in [4.78, 5) is 16.6. The number of amides is 1. The van der Waals surface area contributed by atoms with E-state index in [1.54, 1.807) is 0 Å². The molecule has 0 aliphatic heterocycles. The second-order valence-electron chi connectivity index (χ2n) is 4.69. The summed E-state index contributed by atoms with van der Waals surface area (Å²) in [5.41, 5.74) is 3.18. The molecule has 0 atom stereocenters. The number of rotatable bonds is 4. The smallest absolute Gasteiger partial charge is 0.273 e. The Balaban J connectivity index is 1.66. The van der Waals surface area contributed by atoms with Crippen LogP contribution in [0, 0.1) is 6.92 Å². The SMILES string of the molecule is Cc1[nH]nc(C(=O)NCc2nc(-c3ccccc3)cs2)c1Br. The number of H-pyrrole nitrogens is 1. The number of carbonyl (C=O) groups excluding carboxylic acids is 1. The average Bonchev–Trinajstić information content (AvgIpc) is 3.14. The van der Waals surface area contributed by atoms with E-state index < -0.39 is 0 Å². The van der Waals surface area contributed by atoms with Crippen LogP contribution in [0.25, 0.3) is 11.3 Å². The molecule has 0 aliphatic rings. The predicted molar refractivity (Wildman–Crippen MR) is 89.7 cm³/mol. The van der Waals surface area contributed by atoms with Gasteiger partial charge in [-0.1, -0.05) is 30.3 Å². The molecular weight excluding hydrogens is 364 g/mol. The molecule has 22 heavy (non-hydrogen) atoms. The number of aromatic nitrogens is 3. The topological polar surface area (TPSA) is 70.7 Å². The molecule has 1 amide bonds. The number of benzene rings is 1. The van der Waals surface area contributed by atoms with Crippen molar-refractivity contribution in [2.45, 2.75) is 13.5 Å². The summed E-state index contributed by atoms with van der Waals surface area (Å²) >= 11 is 4.87. The Morgan fingerprint density at radius 3 is 2.82 bits per heavy atom. The molecule has 0 aliphatic carbocycles. The minimum absolute atomic E-state index is 0.229. The van der Waals surface area contributed by atoms with Gasteiger partial charge < -0.3 is 5.32 Å². The van der Waals surface area contributed by atoms with E-state index in [4.69, 9.17) is 0 Å². The van der Waals surface area contributed by atoms with Crippen LogP contribution in [0.4, 0.5) is 0 Å². The van der Waals surface area contributed by atoms with Gasteiger partial charge in [0.25, 0.3) is 5.91 Å². The normalized spacial score (nSPS) is 10.6. The summed E-state index contributed by atoms with van der Waals surface area (Å²) in [5, 5.41) is 12.4. The first kappa shape index (κ1) is 14.9. The molecule has 0 radical (unpaired) electrons. The third kappa shape index (κ3) is 3.10. The molecule has 3 aromatic rings. The largest absolute Gasteiger partial charge is 0.344 e. The van der Waals surface area contributed by atoms with Crippen LogP contribution in [-0.2, 0) is 6.54 Å². The minimum atomic E-state index is -0.229. The van der Waals surface area contributed by atoms with Crippen LogP contribution in [0.5, 0.6) is 0 Å². The Labute approximate surface area is 139 Å². The van der Waals surface area contributed by atoms with E-state index in [9.17, 15) is 4.79 Å². The molecular formula is C15H13BrN4OS. The molecule has 5 nitrogen and oxygen atoms in total. The molecule has 0 fully saturated rings. The predicted octanol–water partition coefficient (Wildman–Crippen LogP) is 3.53. The lowest BCUT2D eigenvalue weighted by Gasteiger charge is -2.00. The third-order valence-corrected chi connectivity index (χ3v) is 4.93. The van der Waals surface area contributed by atoms with Crippen LogP contribution in [0.15, 0.2) is 40.2 Å². The maximum Gasteiger partial charge on any atom is 0.273 e. The number of hydrogen-bond donors (Lipinski definition) is 2. The molecule has 0 spiro atoms. The van der Waals surface area contributed by atoms with E-state index in [1.165, 1.54) is 11.3 Å². The fourth-order valence-corrected chi connectivity index (χ4v) is 3.04. The molecule has 0 saturated carbocycles. The van der Waals surface area contributed by atoms with Crippen LogP contribution < -0.4 is 5.32 Å². The summed E-state index contributed by atoms with van der Waals surface area (Å²) in [7, 11) is 0. The van der Waals surface area contributed by atoms with Gasteiger partial charge in [0.2, 0.25) is 0 Å². The van der Waals surface area contributed by atoms with Gasteiger partial charge in [0.1, 0.15) is 5.01 Å². The van der Waals surface area contributed by atoms with Gasteiger partial charge >= 0.3 is 0 Å². The van der Waals surface area contributed by atoms with Crippen LogP contribution in [0.3, 0.4) is 0 Å². The zero-order chi connectivity index (χ0) is 15.5. The number of halogens is 1. The zero-order valence-corrected chi connectivity index (χ0v) is 14.2. The summed E-state index contributed by atoms with van der Waals surface area (Å²) in [6.45, 7) is 2.23. The summed E-state index contributed by atoms with van der Waals surface area (Å²) in [6.07, 6.45) is 0. The Morgan fingerprint density at radius 2 is 2.14 bits per heavy atom. The maximum atomic E-state index is 12.1. The van der Waals surface area contributed by atoms with Gasteiger partial charge in [-0.15, -0.1) is 11.3 Å². The fourth-order valence-electron chi connectivity index (χ4n) is 1.94. The Morgan fingerprint density at radius 1 is 1.36 bits per heavy atom. The fraction of sp³-hybridized carbons (Fsp3) is 0.133. The highest BCUT2D eigenvalue weighted by molar-refractivity contribution is 9.10. The van der Waals surface area contributed by atoms with Crippen molar-refractivity contribution in [3.05, 3.63) is 56.6 Å². The Kier molecular flexibility index (Phi) is 4.35. The standard InChI is InChI=1S/C15H13BrN4OS/c1-9-13(16)14(20-19-9)15(21)17-7-12-18-11(8-22-12)10-5-3-2-4-6-10/h2-6,8H,7H2,1H3,(H,17,21)(H,19,20). The van der Waals surface area contributed by atoms with E-state index in [2.05, 4.69) is 36.4 Å². The van der Waals surface area contributed by atoms with E-state index in [-0.39, 0.29) is 5.91 Å². The summed E-state index contributed by atoms with van der Waals surface area (Å²) in [5.74, 6) is -0.229. The molecule has 0 saturated heterocycles. The number of hydrogen-bond acceptors (Lipinski definition) is 4. The first-order chi connectivity index (χ1) is 10.6. The molecule has 112 valence electrons. The summed E-state index contributed by atoms with van der Waals surface area (Å²) in [6, 6.07) is 9.96. The van der Waals surface area contributed by atoms with Gasteiger partial charge in [0.05, 0.1) is 16.7 Å². The van der Waals surface area contributed by atoms with Gasteiger partial charge in [0, 0.05) is 16.6 Å². The number of aromatic amines is 1. The highest BCUT2D eigenvalue weighted by atomic mass is 79.9. The molecule has 2 N–H and O–H groups in total. The zero-order valence-electron chi connectivity index (χ0n) is 11.8. The Bertz CT molecular complexity index is 797. The van der Waals surface area contributed by atoms with E-state index in [1.807, 2.05) is 42.6 Å². The molecule has 7 heteroatoms. The molecule has 2 heterocycles. The van der Waals surface area contributed by atoms with Crippen LogP contribution >= 0.6 is 27.3 Å². The van der Waals surface area contributed by atoms with Gasteiger partial charge in [-0.3, -0.25) is 9.89 Å². The van der Waals surface area contributed by atoms with Crippen LogP contribution in [0.1, 0.15) is 21.2 Å². The molecule has 3 rings (SSSR count). The molecule has 1 aromatic carbocycles. The molecule has 0 unspecified atom stereocenters. The van der Waals surface area contributed by atoms with Gasteiger partial charge in [-0.25, -0.2) is 4.98 Å². The van der Waals surface area contributed by atoms with Crippen molar-refractivity contribution in [3.63, 3.8) is 0 Å². The second kappa shape index (κ2) is 6.41. The lowest BCUT2D eigenvalue weighted by atomic mass is 10.2. The first-order valence-corrected chi connectivity index (χ1v) is 8.31. The number of carbonyl (C=O) groups is 1. The van der Waals surface area contributed by atoms with Crippen molar-refractivity contribution in [1.82, 2.24) is 20.5 Å². The molecule has 0 bridgehead atoms. The highest BCUT2D eigenvalue weighted by Crippen LogP contribution is 2.22. The number of aryl methyl sites for hydroxylation is 1. The summed E-state index contributed by atoms with van der Waals surface area (Å²) < 4.78 is 0.689. The van der Waals surface area contributed by atoms with Crippen molar-refractivity contribution < 1.29 is 4.79 Å². The Hall–Kier alpha value is -1.99. The quantitative estimate of drug-likeness (QED) is 0.731. The third-order valence-electron chi connectivity index (χ3n) is 3.11.